The maximum absolute atomic E-state index is 14.0. The van der Waals surface area contributed by atoms with Crippen molar-refractivity contribution in [3.05, 3.63) is 124 Å². The molecule has 1 fully saturated rings. The number of carbonyl (C=O) groups is 2. The van der Waals surface area contributed by atoms with Gasteiger partial charge < -0.3 is 10.1 Å². The number of rotatable bonds is 8. The molecule has 0 aromatic heterocycles. The first-order chi connectivity index (χ1) is 22.7. The van der Waals surface area contributed by atoms with Crippen LogP contribution in [-0.2, 0) is 16.0 Å². The Morgan fingerprint density at radius 2 is 1.44 bits per heavy atom. The minimum absolute atomic E-state index is 0.0694. The van der Waals surface area contributed by atoms with Crippen molar-refractivity contribution < 1.29 is 14.3 Å². The number of aryl methyl sites for hydroxylation is 1. The molecule has 252 valence electrons. The molecule has 1 unspecified atom stereocenters. The van der Waals surface area contributed by atoms with Crippen LogP contribution in [0.3, 0.4) is 0 Å². The van der Waals surface area contributed by atoms with Crippen molar-refractivity contribution in [2.45, 2.75) is 98.0 Å². The van der Waals surface area contributed by atoms with Gasteiger partial charge in [0.2, 0.25) is 5.91 Å². The number of carbonyl (C=O) groups excluding carboxylic acids is 2. The molecule has 0 heterocycles. The molecule has 1 aliphatic rings. The van der Waals surface area contributed by atoms with Gasteiger partial charge in [0.15, 0.2) is 0 Å². The number of benzene rings is 4. The van der Waals surface area contributed by atoms with Crippen LogP contribution >= 0.6 is 11.6 Å². The van der Waals surface area contributed by atoms with Gasteiger partial charge in [-0.15, -0.1) is 0 Å². The van der Waals surface area contributed by atoms with Crippen molar-refractivity contribution in [1.82, 2.24) is 0 Å². The van der Waals surface area contributed by atoms with Crippen LogP contribution in [-0.4, -0.2) is 17.5 Å². The third kappa shape index (κ3) is 9.17. The van der Waals surface area contributed by atoms with E-state index in [1.165, 1.54) is 31.2 Å². The number of hydrogen-bond acceptors (Lipinski definition) is 3. The van der Waals surface area contributed by atoms with E-state index >= 15 is 0 Å². The van der Waals surface area contributed by atoms with Gasteiger partial charge in [0.25, 0.3) is 0 Å². The fourth-order valence-corrected chi connectivity index (χ4v) is 7.14. The lowest BCUT2D eigenvalue weighted by atomic mass is 9.68. The molecule has 1 amide bonds. The van der Waals surface area contributed by atoms with Crippen molar-refractivity contribution in [3.63, 3.8) is 0 Å². The minimum atomic E-state index is -0.567. The molecule has 0 bridgehead atoms. The summed E-state index contributed by atoms with van der Waals surface area (Å²) in [6.45, 7) is 14.7. The number of halogens is 1. The molecule has 0 saturated heterocycles. The van der Waals surface area contributed by atoms with Crippen LogP contribution in [0.5, 0.6) is 0 Å². The Labute approximate surface area is 292 Å². The normalized spacial score (nSPS) is 17.4. The van der Waals surface area contributed by atoms with Gasteiger partial charge in [-0.25, -0.2) is 4.79 Å². The molecule has 0 radical (unpaired) electrons. The Bertz CT molecular complexity index is 1700. The Morgan fingerprint density at radius 3 is 2.00 bits per heavy atom. The third-order valence-electron chi connectivity index (χ3n) is 9.76. The van der Waals surface area contributed by atoms with E-state index in [4.69, 9.17) is 16.3 Å². The number of esters is 1. The smallest absolute Gasteiger partial charge is 0.338 e. The highest BCUT2D eigenvalue weighted by molar-refractivity contribution is 6.30. The molecule has 0 aliphatic heterocycles. The predicted octanol–water partition coefficient (Wildman–Crippen LogP) is 11.6. The number of anilines is 1. The van der Waals surface area contributed by atoms with Crippen molar-refractivity contribution >= 4 is 29.2 Å². The van der Waals surface area contributed by atoms with Crippen LogP contribution in [0.1, 0.15) is 112 Å². The third-order valence-corrected chi connectivity index (χ3v) is 9.99. The molecule has 5 heteroatoms. The second-order valence-corrected chi connectivity index (χ2v) is 16.0. The Balaban J connectivity index is 1.35. The number of amides is 1. The van der Waals surface area contributed by atoms with E-state index in [1.807, 2.05) is 82.3 Å². The first-order valence-corrected chi connectivity index (χ1v) is 17.6. The highest BCUT2D eigenvalue weighted by Crippen LogP contribution is 2.43. The summed E-state index contributed by atoms with van der Waals surface area (Å²) in [5, 5.41) is 3.90. The van der Waals surface area contributed by atoms with Gasteiger partial charge in [0.1, 0.15) is 5.60 Å². The SMILES string of the molecule is Cc1cc(Cl)ccc1-c1ccc(NC(=O)C(Cc2ccc(C(=O)OC(C)(C)C)cc2)c2ccc([C@H]3CC[C@@H](C(C)(C)C)CC3)cc2)cc1. The zero-order valence-electron chi connectivity index (χ0n) is 29.5. The summed E-state index contributed by atoms with van der Waals surface area (Å²) in [6.07, 6.45) is 5.44. The molecule has 1 atom stereocenters. The molecule has 4 aromatic carbocycles. The van der Waals surface area contributed by atoms with Crippen molar-refractivity contribution in [1.29, 1.82) is 0 Å². The van der Waals surface area contributed by atoms with Crippen molar-refractivity contribution in [2.75, 3.05) is 5.32 Å². The number of nitrogens with one attached hydrogen (secondary N) is 1. The van der Waals surface area contributed by atoms with Crippen LogP contribution in [0.25, 0.3) is 11.1 Å². The predicted molar refractivity (Wildman–Crippen MR) is 199 cm³/mol. The van der Waals surface area contributed by atoms with Crippen LogP contribution < -0.4 is 5.32 Å². The summed E-state index contributed by atoms with van der Waals surface area (Å²) in [4.78, 5) is 26.6. The summed E-state index contributed by atoms with van der Waals surface area (Å²) in [7, 11) is 0. The lowest BCUT2D eigenvalue weighted by molar-refractivity contribution is -0.117. The van der Waals surface area contributed by atoms with Gasteiger partial charge >= 0.3 is 5.97 Å². The molecule has 1 aliphatic carbocycles. The second-order valence-electron chi connectivity index (χ2n) is 15.6. The Kier molecular flexibility index (Phi) is 10.8. The fraction of sp³-hybridized carbons (Fsp3) is 0.395. The van der Waals surface area contributed by atoms with Crippen LogP contribution in [0.2, 0.25) is 5.02 Å². The quantitative estimate of drug-likeness (QED) is 0.191. The molecule has 4 nitrogen and oxygen atoms in total. The molecule has 1 saturated carbocycles. The lowest BCUT2D eigenvalue weighted by Gasteiger charge is -2.37. The maximum Gasteiger partial charge on any atom is 0.338 e. The second kappa shape index (κ2) is 14.7. The van der Waals surface area contributed by atoms with Crippen LogP contribution in [0.4, 0.5) is 5.69 Å². The monoisotopic (exact) mass is 663 g/mol. The van der Waals surface area contributed by atoms with Crippen molar-refractivity contribution in [2.24, 2.45) is 11.3 Å². The number of ether oxygens (including phenoxy) is 1. The van der Waals surface area contributed by atoms with Crippen LogP contribution in [0, 0.1) is 18.3 Å². The summed E-state index contributed by atoms with van der Waals surface area (Å²) in [5.74, 6) is 0.495. The summed E-state index contributed by atoms with van der Waals surface area (Å²) in [6, 6.07) is 30.0. The Morgan fingerprint density at radius 1 is 0.812 bits per heavy atom. The van der Waals surface area contributed by atoms with Gasteiger partial charge in [-0.05, 0) is 147 Å². The van der Waals surface area contributed by atoms with E-state index in [9.17, 15) is 9.59 Å². The number of hydrogen-bond donors (Lipinski definition) is 1. The zero-order chi connectivity index (χ0) is 34.6. The minimum Gasteiger partial charge on any atom is -0.456 e. The molecule has 5 rings (SSSR count). The van der Waals surface area contributed by atoms with Gasteiger partial charge in [-0.1, -0.05) is 87.0 Å². The fourth-order valence-electron chi connectivity index (χ4n) is 6.92. The van der Waals surface area contributed by atoms with Gasteiger partial charge in [-0.2, -0.15) is 0 Å². The molecule has 48 heavy (non-hydrogen) atoms. The lowest BCUT2D eigenvalue weighted by Crippen LogP contribution is -2.25. The van der Waals surface area contributed by atoms with E-state index in [2.05, 4.69) is 50.4 Å². The average molecular weight is 664 g/mol. The molecular weight excluding hydrogens is 614 g/mol. The summed E-state index contributed by atoms with van der Waals surface area (Å²) >= 11 is 6.17. The van der Waals surface area contributed by atoms with Crippen molar-refractivity contribution in [3.8, 4) is 11.1 Å². The summed E-state index contributed by atoms with van der Waals surface area (Å²) < 4.78 is 5.54. The standard InChI is InChI=1S/C43H50ClNO3/c1-28-26-36(44)22-25-38(28)32-18-23-37(24-19-32)45-40(46)39(27-29-8-10-34(11-9-29)41(47)48-43(5,6)7)33-14-12-30(13-15-33)31-16-20-35(21-17-31)42(2,3)4/h8-15,18-19,22-26,31,35,39H,16-17,20-21,27H2,1-7H3,(H,45,46)/t31-,35+,39?. The highest BCUT2D eigenvalue weighted by Gasteiger charge is 2.30. The van der Waals surface area contributed by atoms with Gasteiger partial charge in [-0.3, -0.25) is 4.79 Å². The van der Waals surface area contributed by atoms with E-state index < -0.39 is 11.5 Å². The largest absolute Gasteiger partial charge is 0.456 e. The summed E-state index contributed by atoms with van der Waals surface area (Å²) in [5.41, 5.74) is 7.61. The highest BCUT2D eigenvalue weighted by atomic mass is 35.5. The molecule has 0 spiro atoms. The van der Waals surface area contributed by atoms with Crippen LogP contribution in [0.15, 0.2) is 91.0 Å². The maximum atomic E-state index is 14.0. The van der Waals surface area contributed by atoms with E-state index in [0.717, 1.165) is 39.4 Å². The molecule has 1 N–H and O–H groups in total. The van der Waals surface area contributed by atoms with E-state index in [1.54, 1.807) is 12.1 Å². The van der Waals surface area contributed by atoms with E-state index in [0.29, 0.717) is 28.3 Å². The zero-order valence-corrected chi connectivity index (χ0v) is 30.3. The topological polar surface area (TPSA) is 55.4 Å². The van der Waals surface area contributed by atoms with E-state index in [-0.39, 0.29) is 11.9 Å². The molecule has 4 aromatic rings. The first kappa shape index (κ1) is 35.4. The van der Waals surface area contributed by atoms with Gasteiger partial charge in [0.05, 0.1) is 11.5 Å². The average Bonchev–Trinajstić information content (AvgIpc) is 3.03. The molecular formula is C43H50ClNO3. The van der Waals surface area contributed by atoms with Gasteiger partial charge in [0, 0.05) is 10.7 Å². The first-order valence-electron chi connectivity index (χ1n) is 17.3. The Hall–Kier alpha value is -3.89.